The van der Waals surface area contributed by atoms with E-state index in [1.807, 2.05) is 61.5 Å². The van der Waals surface area contributed by atoms with Crippen molar-refractivity contribution in [3.8, 4) is 0 Å². The van der Waals surface area contributed by atoms with Crippen molar-refractivity contribution in [3.63, 3.8) is 0 Å². The molecule has 0 spiro atoms. The Morgan fingerprint density at radius 3 is 1.78 bits per heavy atom. The highest BCUT2D eigenvalue weighted by atomic mass is 31.2. The van der Waals surface area contributed by atoms with Crippen LogP contribution in [0.1, 0.15) is 11.1 Å². The molecule has 3 aromatic carbocycles. The average Bonchev–Trinajstić information content (AvgIpc) is 2.73. The highest BCUT2D eigenvalue weighted by Crippen LogP contribution is 2.45. The van der Waals surface area contributed by atoms with Crippen LogP contribution in [0, 0.1) is 6.92 Å². The van der Waals surface area contributed by atoms with Gasteiger partial charge in [-0.2, -0.15) is 0 Å². The zero-order valence-electron chi connectivity index (χ0n) is 15.2. The van der Waals surface area contributed by atoms with E-state index in [0.29, 0.717) is 16.2 Å². The molecule has 0 fully saturated rings. The number of rotatable bonds is 5. The Bertz CT molecular complexity index is 970. The molecule has 0 bridgehead atoms. The summed E-state index contributed by atoms with van der Waals surface area (Å²) in [4.78, 5) is 12.5. The minimum absolute atomic E-state index is 0.0617. The first-order valence-electron chi connectivity index (χ1n) is 8.52. The lowest BCUT2D eigenvalue weighted by Gasteiger charge is -2.17. The fourth-order valence-electron chi connectivity index (χ4n) is 2.81. The Morgan fingerprint density at radius 1 is 0.815 bits per heavy atom. The molecule has 3 rings (SSSR count). The third-order valence-corrected chi connectivity index (χ3v) is 6.71. The SMILES string of the molecule is COC(=O)/C(=N/P(=O)(c1ccccc1)c1ccccc1)c1ccccc1C. The molecule has 0 unspecified atom stereocenters. The summed E-state index contributed by atoms with van der Waals surface area (Å²) in [5.41, 5.74) is 1.53. The van der Waals surface area contributed by atoms with Gasteiger partial charge in [0.25, 0.3) is 0 Å². The molecule has 0 aromatic heterocycles. The summed E-state index contributed by atoms with van der Waals surface area (Å²) in [5, 5.41) is 1.12. The van der Waals surface area contributed by atoms with Gasteiger partial charge in [0.15, 0.2) is 5.71 Å². The van der Waals surface area contributed by atoms with Crippen LogP contribution in [0.25, 0.3) is 0 Å². The van der Waals surface area contributed by atoms with E-state index in [2.05, 4.69) is 4.76 Å². The van der Waals surface area contributed by atoms with Crippen LogP contribution in [-0.2, 0) is 14.1 Å². The van der Waals surface area contributed by atoms with Crippen molar-refractivity contribution in [2.45, 2.75) is 6.92 Å². The van der Waals surface area contributed by atoms with E-state index in [1.165, 1.54) is 7.11 Å². The minimum atomic E-state index is -3.45. The van der Waals surface area contributed by atoms with Gasteiger partial charge in [-0.3, -0.25) is 4.57 Å². The number of benzene rings is 3. The third-order valence-electron chi connectivity index (χ3n) is 4.23. The molecular formula is C22H20NO3P. The zero-order chi connectivity index (χ0) is 19.3. The minimum Gasteiger partial charge on any atom is -0.464 e. The smallest absolute Gasteiger partial charge is 0.357 e. The van der Waals surface area contributed by atoms with Crippen molar-refractivity contribution in [1.82, 2.24) is 0 Å². The topological polar surface area (TPSA) is 55.7 Å². The lowest BCUT2D eigenvalue weighted by molar-refractivity contribution is -0.132. The lowest BCUT2D eigenvalue weighted by Crippen LogP contribution is -2.22. The standard InChI is InChI=1S/C22H20NO3P/c1-17-11-9-10-16-20(17)21(22(24)26-2)23-27(25,18-12-5-3-6-13-18)19-14-7-4-8-15-19/h3-16H,1-2H3/b23-21+. The summed E-state index contributed by atoms with van der Waals surface area (Å²) in [6, 6.07) is 25.4. The van der Waals surface area contributed by atoms with Gasteiger partial charge < -0.3 is 4.74 Å². The number of ether oxygens (including phenoxy) is 1. The van der Waals surface area contributed by atoms with Gasteiger partial charge in [0.2, 0.25) is 7.29 Å². The molecule has 3 aromatic rings. The van der Waals surface area contributed by atoms with Crippen molar-refractivity contribution >= 4 is 29.6 Å². The zero-order valence-corrected chi connectivity index (χ0v) is 16.1. The average molecular weight is 377 g/mol. The van der Waals surface area contributed by atoms with Crippen LogP contribution < -0.4 is 10.6 Å². The summed E-state index contributed by atoms with van der Waals surface area (Å²) in [5.74, 6) is -0.614. The van der Waals surface area contributed by atoms with Gasteiger partial charge in [-0.1, -0.05) is 60.7 Å². The van der Waals surface area contributed by atoms with Crippen molar-refractivity contribution in [1.29, 1.82) is 0 Å². The summed E-state index contributed by atoms with van der Waals surface area (Å²) in [6.45, 7) is 1.88. The van der Waals surface area contributed by atoms with E-state index in [1.54, 1.807) is 30.3 Å². The molecule has 0 aliphatic rings. The van der Waals surface area contributed by atoms with Gasteiger partial charge in [-0.15, -0.1) is 0 Å². The predicted octanol–water partition coefficient (Wildman–Crippen LogP) is 3.89. The van der Waals surface area contributed by atoms with Gasteiger partial charge in [0, 0.05) is 16.2 Å². The maximum absolute atomic E-state index is 14.1. The summed E-state index contributed by atoms with van der Waals surface area (Å²) >= 11 is 0. The largest absolute Gasteiger partial charge is 0.464 e. The molecule has 136 valence electrons. The fourth-order valence-corrected chi connectivity index (χ4v) is 4.96. The number of aryl methyl sites for hydroxylation is 1. The second-order valence-corrected chi connectivity index (χ2v) is 8.39. The quantitative estimate of drug-likeness (QED) is 0.385. The number of esters is 1. The number of hydrogen-bond acceptors (Lipinski definition) is 3. The van der Waals surface area contributed by atoms with E-state index >= 15 is 0 Å². The van der Waals surface area contributed by atoms with Gasteiger partial charge in [-0.25, -0.2) is 9.56 Å². The highest BCUT2D eigenvalue weighted by Gasteiger charge is 2.30. The van der Waals surface area contributed by atoms with Gasteiger partial charge in [-0.05, 0) is 36.8 Å². The summed E-state index contributed by atoms with van der Waals surface area (Å²) < 4.78 is 23.6. The maximum Gasteiger partial charge on any atom is 0.357 e. The molecule has 0 N–H and O–H groups in total. The molecule has 5 heteroatoms. The molecule has 0 saturated carbocycles. The van der Waals surface area contributed by atoms with Crippen LogP contribution in [-0.4, -0.2) is 18.8 Å². The van der Waals surface area contributed by atoms with Crippen LogP contribution in [0.2, 0.25) is 0 Å². The van der Waals surface area contributed by atoms with Crippen molar-refractivity contribution in [2.75, 3.05) is 7.11 Å². The molecule has 4 nitrogen and oxygen atoms in total. The van der Waals surface area contributed by atoms with E-state index in [4.69, 9.17) is 4.74 Å². The second kappa shape index (κ2) is 8.15. The van der Waals surface area contributed by atoms with Crippen LogP contribution in [0.3, 0.4) is 0 Å². The number of hydrogen-bond donors (Lipinski definition) is 0. The summed E-state index contributed by atoms with van der Waals surface area (Å²) in [7, 11) is -2.15. The van der Waals surface area contributed by atoms with Crippen molar-refractivity contribution < 1.29 is 14.1 Å². The van der Waals surface area contributed by atoms with Crippen LogP contribution in [0.4, 0.5) is 0 Å². The first kappa shape index (κ1) is 18.8. The Kier molecular flexibility index (Phi) is 5.68. The number of methoxy groups -OCH3 is 1. The van der Waals surface area contributed by atoms with E-state index in [9.17, 15) is 9.36 Å². The number of nitrogens with zero attached hydrogens (tertiary/aromatic N) is 1. The monoisotopic (exact) mass is 377 g/mol. The van der Waals surface area contributed by atoms with Gasteiger partial charge >= 0.3 is 5.97 Å². The lowest BCUT2D eigenvalue weighted by atomic mass is 10.0. The normalized spacial score (nSPS) is 11.9. The molecule has 0 aliphatic carbocycles. The third kappa shape index (κ3) is 3.91. The first-order valence-corrected chi connectivity index (χ1v) is 10.2. The summed E-state index contributed by atoms with van der Waals surface area (Å²) in [6.07, 6.45) is 0. The van der Waals surface area contributed by atoms with Crippen LogP contribution in [0.15, 0.2) is 89.7 Å². The molecule has 0 saturated heterocycles. The molecule has 0 amide bonds. The highest BCUT2D eigenvalue weighted by molar-refractivity contribution is 7.77. The maximum atomic E-state index is 14.1. The van der Waals surface area contributed by atoms with Crippen molar-refractivity contribution in [2.24, 2.45) is 4.76 Å². The Labute approximate surface area is 159 Å². The molecule has 0 atom stereocenters. The first-order chi connectivity index (χ1) is 13.1. The fraction of sp³-hybridized carbons (Fsp3) is 0.0909. The van der Waals surface area contributed by atoms with Gasteiger partial charge in [0.1, 0.15) is 0 Å². The molecule has 0 radical (unpaired) electrons. The Morgan fingerprint density at radius 2 is 1.30 bits per heavy atom. The van der Waals surface area contributed by atoms with Crippen LogP contribution in [0.5, 0.6) is 0 Å². The molecule has 27 heavy (non-hydrogen) atoms. The number of carbonyl (C=O) groups is 1. The van der Waals surface area contributed by atoms with E-state index in [0.717, 1.165) is 5.56 Å². The van der Waals surface area contributed by atoms with E-state index in [-0.39, 0.29) is 5.71 Å². The van der Waals surface area contributed by atoms with Gasteiger partial charge in [0.05, 0.1) is 7.11 Å². The molecule has 0 heterocycles. The van der Waals surface area contributed by atoms with Crippen LogP contribution >= 0.6 is 7.29 Å². The number of carbonyl (C=O) groups excluding carboxylic acids is 1. The predicted molar refractivity (Wildman–Crippen MR) is 109 cm³/mol. The second-order valence-electron chi connectivity index (χ2n) is 6.00. The Hall–Kier alpha value is -2.97. The van der Waals surface area contributed by atoms with Crippen molar-refractivity contribution in [3.05, 3.63) is 96.1 Å². The van der Waals surface area contributed by atoms with E-state index < -0.39 is 13.3 Å². The molecule has 0 aliphatic heterocycles. The molecular weight excluding hydrogens is 357 g/mol. The Balaban J connectivity index is 2.29.